The minimum absolute atomic E-state index is 0.0413. The van der Waals surface area contributed by atoms with E-state index in [0.29, 0.717) is 27.0 Å². The Morgan fingerprint density at radius 3 is 2.75 bits per heavy atom. The van der Waals surface area contributed by atoms with Gasteiger partial charge in [0, 0.05) is 11.6 Å². The maximum absolute atomic E-state index is 13.0. The van der Waals surface area contributed by atoms with Gasteiger partial charge in [-0.25, -0.2) is 9.78 Å². The molecule has 0 amide bonds. The van der Waals surface area contributed by atoms with Gasteiger partial charge >= 0.3 is 5.97 Å². The molecule has 0 saturated heterocycles. The van der Waals surface area contributed by atoms with Gasteiger partial charge in [0.15, 0.2) is 5.65 Å². The highest BCUT2D eigenvalue weighted by Crippen LogP contribution is 2.26. The Bertz CT molecular complexity index is 1030. The monoisotopic (exact) mass is 388 g/mol. The van der Waals surface area contributed by atoms with Gasteiger partial charge in [-0.15, -0.1) is 0 Å². The van der Waals surface area contributed by atoms with Crippen molar-refractivity contribution in [3.05, 3.63) is 56.7 Å². The Kier molecular flexibility index (Phi) is 4.06. The van der Waals surface area contributed by atoms with Crippen molar-refractivity contribution in [2.45, 2.75) is 6.92 Å². The Morgan fingerprint density at radius 2 is 2.08 bits per heavy atom. The van der Waals surface area contributed by atoms with Crippen LogP contribution in [0.1, 0.15) is 16.1 Å². The fourth-order valence-corrected chi connectivity index (χ4v) is 2.80. The number of pyridine rings is 3. The molecule has 0 saturated carbocycles. The first-order valence-electron chi connectivity index (χ1n) is 6.96. The summed E-state index contributed by atoms with van der Waals surface area (Å²) >= 11 is 3.29. The Morgan fingerprint density at radius 1 is 1.33 bits per heavy atom. The number of aryl methyl sites for hydroxylation is 1. The zero-order chi connectivity index (χ0) is 17.4. The van der Waals surface area contributed by atoms with Crippen molar-refractivity contribution in [2.24, 2.45) is 0 Å². The third-order valence-corrected chi connectivity index (χ3v) is 4.08. The molecule has 0 fully saturated rings. The first kappa shape index (κ1) is 16.1. The van der Waals surface area contributed by atoms with Crippen LogP contribution in [0.2, 0.25) is 0 Å². The summed E-state index contributed by atoms with van der Waals surface area (Å²) in [5.41, 5.74) is 6.72. The van der Waals surface area contributed by atoms with Crippen molar-refractivity contribution in [1.82, 2.24) is 14.5 Å². The van der Waals surface area contributed by atoms with Gasteiger partial charge in [-0.2, -0.15) is 0 Å². The van der Waals surface area contributed by atoms with Crippen LogP contribution in [0.5, 0.6) is 0 Å². The zero-order valence-electron chi connectivity index (χ0n) is 12.9. The van der Waals surface area contributed by atoms with Gasteiger partial charge in [-0.3, -0.25) is 14.3 Å². The van der Waals surface area contributed by atoms with E-state index >= 15 is 0 Å². The molecule has 0 spiro atoms. The second kappa shape index (κ2) is 6.04. The van der Waals surface area contributed by atoms with E-state index in [0.717, 1.165) is 0 Å². The molecule has 122 valence electrons. The first-order valence-corrected chi connectivity index (χ1v) is 7.76. The van der Waals surface area contributed by atoms with E-state index < -0.39 is 11.5 Å². The Balaban J connectivity index is 2.56. The molecule has 3 heterocycles. The standard InChI is InChI=1S/C16H13BrN4O3/c1-8-10(4-3-7-19-8)21-14-9(5-6-11(17)20-14)13(18)12(15(21)22)16(23)24-2/h3-7H,18H2,1-2H3. The normalized spacial score (nSPS) is 10.8. The fraction of sp³-hybridized carbons (Fsp3) is 0.125. The van der Waals surface area contributed by atoms with Crippen molar-refractivity contribution >= 4 is 38.6 Å². The molecular weight excluding hydrogens is 376 g/mol. The van der Waals surface area contributed by atoms with Crippen LogP contribution in [0.15, 0.2) is 39.9 Å². The van der Waals surface area contributed by atoms with Gasteiger partial charge < -0.3 is 10.5 Å². The number of nitrogens with two attached hydrogens (primary N) is 1. The van der Waals surface area contributed by atoms with E-state index in [1.165, 1.54) is 11.7 Å². The molecule has 0 aromatic carbocycles. The van der Waals surface area contributed by atoms with Crippen molar-refractivity contribution in [3.63, 3.8) is 0 Å². The van der Waals surface area contributed by atoms with Crippen LogP contribution in [0.25, 0.3) is 16.7 Å². The van der Waals surface area contributed by atoms with Gasteiger partial charge in [0.25, 0.3) is 5.56 Å². The van der Waals surface area contributed by atoms with Crippen molar-refractivity contribution < 1.29 is 9.53 Å². The lowest BCUT2D eigenvalue weighted by Gasteiger charge is -2.15. The molecule has 3 aromatic rings. The maximum Gasteiger partial charge on any atom is 0.345 e. The highest BCUT2D eigenvalue weighted by Gasteiger charge is 2.23. The van der Waals surface area contributed by atoms with E-state index in [2.05, 4.69) is 25.9 Å². The number of hydrogen-bond acceptors (Lipinski definition) is 6. The van der Waals surface area contributed by atoms with Crippen LogP contribution in [-0.2, 0) is 4.74 Å². The number of anilines is 1. The quantitative estimate of drug-likeness (QED) is 0.533. The number of carbonyl (C=O) groups excluding carboxylic acids is 1. The molecule has 0 unspecified atom stereocenters. The van der Waals surface area contributed by atoms with Crippen LogP contribution in [0, 0.1) is 6.92 Å². The highest BCUT2D eigenvalue weighted by atomic mass is 79.9. The smallest absolute Gasteiger partial charge is 0.345 e. The molecule has 0 aliphatic carbocycles. The minimum atomic E-state index is -0.794. The van der Waals surface area contributed by atoms with Crippen LogP contribution < -0.4 is 11.3 Å². The third-order valence-electron chi connectivity index (χ3n) is 3.64. The van der Waals surface area contributed by atoms with Crippen LogP contribution in [0.3, 0.4) is 0 Å². The number of aromatic nitrogens is 3. The van der Waals surface area contributed by atoms with E-state index in [-0.39, 0.29) is 11.3 Å². The second-order valence-electron chi connectivity index (χ2n) is 5.03. The van der Waals surface area contributed by atoms with Gasteiger partial charge in [0.05, 0.1) is 24.2 Å². The lowest BCUT2D eigenvalue weighted by Crippen LogP contribution is -2.29. The first-order chi connectivity index (χ1) is 11.5. The van der Waals surface area contributed by atoms with E-state index in [9.17, 15) is 9.59 Å². The molecule has 0 atom stereocenters. The predicted molar refractivity (Wildman–Crippen MR) is 93.3 cm³/mol. The number of rotatable bonds is 2. The summed E-state index contributed by atoms with van der Waals surface area (Å²) in [5.74, 6) is -0.794. The van der Waals surface area contributed by atoms with Crippen LogP contribution >= 0.6 is 15.9 Å². The molecule has 2 N–H and O–H groups in total. The van der Waals surface area contributed by atoms with Crippen LogP contribution in [0.4, 0.5) is 5.69 Å². The largest absolute Gasteiger partial charge is 0.465 e. The van der Waals surface area contributed by atoms with Gasteiger partial charge in [0.1, 0.15) is 10.2 Å². The summed E-state index contributed by atoms with van der Waals surface area (Å²) in [6.07, 6.45) is 1.62. The molecule has 8 heteroatoms. The predicted octanol–water partition coefficient (Wildman–Crippen LogP) is 2.22. The highest BCUT2D eigenvalue weighted by molar-refractivity contribution is 9.10. The van der Waals surface area contributed by atoms with E-state index in [4.69, 9.17) is 10.5 Å². The number of fused-ring (bicyclic) bond motifs is 1. The average molecular weight is 389 g/mol. The number of nitrogen functional groups attached to an aromatic ring is 1. The fourth-order valence-electron chi connectivity index (χ4n) is 2.50. The molecule has 24 heavy (non-hydrogen) atoms. The SMILES string of the molecule is COC(=O)c1c(N)c2ccc(Br)nc2n(-c2cccnc2C)c1=O. The Hall–Kier alpha value is -2.74. The maximum atomic E-state index is 13.0. The molecule has 0 radical (unpaired) electrons. The molecule has 7 nitrogen and oxygen atoms in total. The average Bonchev–Trinajstić information content (AvgIpc) is 2.56. The Labute approximate surface area is 145 Å². The summed E-state index contributed by atoms with van der Waals surface area (Å²) in [5, 5.41) is 0.474. The molecule has 0 aliphatic rings. The lowest BCUT2D eigenvalue weighted by molar-refractivity contribution is 0.0600. The van der Waals surface area contributed by atoms with Gasteiger partial charge in [-0.1, -0.05) is 0 Å². The number of carbonyl (C=O) groups is 1. The third kappa shape index (κ3) is 2.44. The zero-order valence-corrected chi connectivity index (χ0v) is 14.5. The summed E-state index contributed by atoms with van der Waals surface area (Å²) in [6, 6.07) is 6.80. The minimum Gasteiger partial charge on any atom is -0.465 e. The summed E-state index contributed by atoms with van der Waals surface area (Å²) in [6.45, 7) is 1.76. The number of halogens is 1. The molecule has 0 bridgehead atoms. The lowest BCUT2D eigenvalue weighted by atomic mass is 10.1. The second-order valence-corrected chi connectivity index (χ2v) is 5.85. The van der Waals surface area contributed by atoms with Crippen molar-refractivity contribution in [3.8, 4) is 5.69 Å². The molecule has 3 rings (SSSR count). The summed E-state index contributed by atoms with van der Waals surface area (Å²) < 4.78 is 6.58. The number of esters is 1. The molecule has 0 aliphatic heterocycles. The van der Waals surface area contributed by atoms with Gasteiger partial charge in [-0.05, 0) is 47.1 Å². The number of nitrogens with zero attached hydrogens (tertiary/aromatic N) is 3. The van der Waals surface area contributed by atoms with Crippen molar-refractivity contribution in [2.75, 3.05) is 12.8 Å². The van der Waals surface area contributed by atoms with Crippen LogP contribution in [-0.4, -0.2) is 27.6 Å². The summed E-state index contributed by atoms with van der Waals surface area (Å²) in [7, 11) is 1.20. The van der Waals surface area contributed by atoms with Gasteiger partial charge in [0.2, 0.25) is 0 Å². The number of ether oxygens (including phenoxy) is 1. The number of hydrogen-bond donors (Lipinski definition) is 1. The number of methoxy groups -OCH3 is 1. The molecule has 3 aromatic heterocycles. The van der Waals surface area contributed by atoms with E-state index in [1.807, 2.05) is 0 Å². The van der Waals surface area contributed by atoms with E-state index in [1.54, 1.807) is 37.4 Å². The summed E-state index contributed by atoms with van der Waals surface area (Å²) in [4.78, 5) is 33.6. The topological polar surface area (TPSA) is 100 Å². The van der Waals surface area contributed by atoms with Crippen molar-refractivity contribution in [1.29, 1.82) is 0 Å². The molecular formula is C16H13BrN4O3.